The highest BCUT2D eigenvalue weighted by Crippen LogP contribution is 2.29. The van der Waals surface area contributed by atoms with Gasteiger partial charge in [-0.2, -0.15) is 0 Å². The molecular weight excluding hydrogens is 402 g/mol. The molecule has 164 valence electrons. The van der Waals surface area contributed by atoms with Crippen LogP contribution in [0.25, 0.3) is 10.9 Å². The van der Waals surface area contributed by atoms with E-state index in [1.54, 1.807) is 13.3 Å². The van der Waals surface area contributed by atoms with Crippen molar-refractivity contribution in [2.24, 2.45) is 0 Å². The van der Waals surface area contributed by atoms with E-state index < -0.39 is 0 Å². The van der Waals surface area contributed by atoms with Crippen LogP contribution in [0, 0.1) is 6.92 Å². The van der Waals surface area contributed by atoms with E-state index in [2.05, 4.69) is 23.0 Å². The zero-order valence-electron chi connectivity index (χ0n) is 18.4. The van der Waals surface area contributed by atoms with Crippen molar-refractivity contribution >= 4 is 16.8 Å². The normalized spacial score (nSPS) is 16.4. The molecule has 1 aliphatic heterocycles. The first-order chi connectivity index (χ1) is 15.6. The number of nitrogens with one attached hydrogen (secondary N) is 1. The topological polar surface area (TPSA) is 71.4 Å². The molecule has 2 aromatic carbocycles. The molecule has 0 radical (unpaired) electrons. The Morgan fingerprint density at radius 1 is 1.25 bits per heavy atom. The number of carbonyl (C=O) groups is 1. The van der Waals surface area contributed by atoms with Crippen LogP contribution in [0.2, 0.25) is 0 Å². The van der Waals surface area contributed by atoms with E-state index >= 15 is 0 Å². The summed E-state index contributed by atoms with van der Waals surface area (Å²) in [7, 11) is 1.67. The van der Waals surface area contributed by atoms with E-state index in [-0.39, 0.29) is 11.8 Å². The highest BCUT2D eigenvalue weighted by molar-refractivity contribution is 5.98. The van der Waals surface area contributed by atoms with Gasteiger partial charge in [0.1, 0.15) is 17.2 Å². The summed E-state index contributed by atoms with van der Waals surface area (Å²) < 4.78 is 11.6. The molecule has 0 aliphatic carbocycles. The number of fused-ring (bicyclic) bond motifs is 1. The van der Waals surface area contributed by atoms with E-state index in [1.165, 1.54) is 0 Å². The van der Waals surface area contributed by atoms with Gasteiger partial charge < -0.3 is 19.0 Å². The van der Waals surface area contributed by atoms with Crippen LogP contribution in [0.4, 0.5) is 0 Å². The smallest absolute Gasteiger partial charge is 0.270 e. The lowest BCUT2D eigenvalue weighted by atomic mass is 9.97. The fraction of sp³-hybridized carbons (Fsp3) is 0.308. The van der Waals surface area contributed by atoms with Gasteiger partial charge in [0, 0.05) is 36.0 Å². The first-order valence-electron chi connectivity index (χ1n) is 11.1. The molecule has 32 heavy (non-hydrogen) atoms. The van der Waals surface area contributed by atoms with Crippen molar-refractivity contribution in [2.75, 3.05) is 20.2 Å². The first kappa shape index (κ1) is 20.4. The number of aromatic nitrogens is 2. The van der Waals surface area contributed by atoms with Gasteiger partial charge in [0.15, 0.2) is 5.89 Å². The lowest BCUT2D eigenvalue weighted by Gasteiger charge is -2.31. The van der Waals surface area contributed by atoms with Crippen LogP contribution < -0.4 is 4.74 Å². The van der Waals surface area contributed by atoms with Crippen molar-refractivity contribution in [3.05, 3.63) is 83.2 Å². The molecule has 1 fully saturated rings. The van der Waals surface area contributed by atoms with Crippen molar-refractivity contribution in [1.82, 2.24) is 14.9 Å². The van der Waals surface area contributed by atoms with Crippen LogP contribution in [0.1, 0.15) is 52.0 Å². The van der Waals surface area contributed by atoms with Gasteiger partial charge in [-0.25, -0.2) is 4.98 Å². The van der Waals surface area contributed by atoms with Crippen molar-refractivity contribution in [3.63, 3.8) is 0 Å². The Kier molecular flexibility index (Phi) is 5.43. The van der Waals surface area contributed by atoms with Crippen LogP contribution in [0.5, 0.6) is 5.75 Å². The third kappa shape index (κ3) is 3.88. The molecule has 1 N–H and O–H groups in total. The molecule has 3 heterocycles. The number of para-hydroxylation sites is 1. The molecule has 5 rings (SSSR count). The third-order valence-electron chi connectivity index (χ3n) is 6.30. The maximum absolute atomic E-state index is 13.2. The van der Waals surface area contributed by atoms with Gasteiger partial charge in [0.25, 0.3) is 5.91 Å². The maximum atomic E-state index is 13.2. The lowest BCUT2D eigenvalue weighted by molar-refractivity contribution is 0.0693. The zero-order valence-corrected chi connectivity index (χ0v) is 18.4. The number of rotatable bonds is 5. The van der Waals surface area contributed by atoms with Crippen LogP contribution >= 0.6 is 0 Å². The number of methoxy groups -OCH3 is 1. The second-order valence-electron chi connectivity index (χ2n) is 8.46. The molecule has 0 spiro atoms. The number of benzene rings is 2. The predicted octanol–water partition coefficient (Wildman–Crippen LogP) is 5.08. The van der Waals surface area contributed by atoms with E-state index in [0.717, 1.165) is 52.9 Å². The predicted molar refractivity (Wildman–Crippen MR) is 123 cm³/mol. The van der Waals surface area contributed by atoms with Crippen LogP contribution in [-0.4, -0.2) is 41.0 Å². The molecule has 2 aromatic heterocycles. The summed E-state index contributed by atoms with van der Waals surface area (Å²) in [5.41, 5.74) is 3.86. The lowest BCUT2D eigenvalue weighted by Crippen LogP contribution is -2.39. The fourth-order valence-electron chi connectivity index (χ4n) is 4.59. The molecule has 4 aromatic rings. The standard InChI is InChI=1S/C26H27N3O3/c1-17-7-5-10-22-21(17)14-23(28-22)26(30)29-12-6-9-19(16-29)25-27-15-20(32-25)13-18-8-3-4-11-24(18)31-2/h3-5,7-8,10-11,14-15,19,28H,6,9,12-13,16H2,1-2H3/t19-/m0/s1. The number of oxazole rings is 1. The van der Waals surface area contributed by atoms with Gasteiger partial charge in [-0.15, -0.1) is 0 Å². The monoisotopic (exact) mass is 429 g/mol. The third-order valence-corrected chi connectivity index (χ3v) is 6.30. The molecule has 0 bridgehead atoms. The largest absolute Gasteiger partial charge is 0.496 e. The fourth-order valence-corrected chi connectivity index (χ4v) is 4.59. The number of aromatic amines is 1. The van der Waals surface area contributed by atoms with Crippen LogP contribution in [0.3, 0.4) is 0 Å². The SMILES string of the molecule is COc1ccccc1Cc1cnc([C@H]2CCCN(C(=O)c3cc4c(C)cccc4[nH]3)C2)o1. The van der Waals surface area contributed by atoms with Gasteiger partial charge in [-0.05, 0) is 43.5 Å². The van der Waals surface area contributed by atoms with E-state index in [9.17, 15) is 4.79 Å². The minimum Gasteiger partial charge on any atom is -0.496 e. The quantitative estimate of drug-likeness (QED) is 0.480. The highest BCUT2D eigenvalue weighted by Gasteiger charge is 2.29. The second-order valence-corrected chi connectivity index (χ2v) is 8.46. The number of carbonyl (C=O) groups excluding carboxylic acids is 1. The van der Waals surface area contributed by atoms with Gasteiger partial charge in [0.05, 0.1) is 19.2 Å². The number of nitrogens with zero attached hydrogens (tertiary/aromatic N) is 2. The number of hydrogen-bond donors (Lipinski definition) is 1. The number of amides is 1. The summed E-state index contributed by atoms with van der Waals surface area (Å²) in [6.07, 6.45) is 4.31. The Bertz CT molecular complexity index is 1260. The number of hydrogen-bond acceptors (Lipinski definition) is 4. The molecule has 6 heteroatoms. The van der Waals surface area contributed by atoms with E-state index in [4.69, 9.17) is 9.15 Å². The van der Waals surface area contributed by atoms with Crippen molar-refractivity contribution < 1.29 is 13.9 Å². The molecule has 6 nitrogen and oxygen atoms in total. The Balaban J connectivity index is 1.30. The second kappa shape index (κ2) is 8.54. The van der Waals surface area contributed by atoms with Gasteiger partial charge in [-0.3, -0.25) is 4.79 Å². The molecule has 1 aliphatic rings. The Hall–Kier alpha value is -3.54. The number of likely N-dealkylation sites (tertiary alicyclic amines) is 1. The zero-order chi connectivity index (χ0) is 22.1. The van der Waals surface area contributed by atoms with Crippen LogP contribution in [-0.2, 0) is 6.42 Å². The van der Waals surface area contributed by atoms with E-state index in [0.29, 0.717) is 24.6 Å². The highest BCUT2D eigenvalue weighted by atomic mass is 16.5. The molecular formula is C26H27N3O3. The summed E-state index contributed by atoms with van der Waals surface area (Å²) in [5.74, 6) is 2.49. The number of piperidine rings is 1. The number of ether oxygens (including phenoxy) is 1. The summed E-state index contributed by atoms with van der Waals surface area (Å²) in [4.78, 5) is 23.0. The van der Waals surface area contributed by atoms with Gasteiger partial charge >= 0.3 is 0 Å². The summed E-state index contributed by atoms with van der Waals surface area (Å²) in [6.45, 7) is 3.42. The number of aryl methyl sites for hydroxylation is 1. The molecule has 1 saturated heterocycles. The van der Waals surface area contributed by atoms with E-state index in [1.807, 2.05) is 47.4 Å². The average Bonchev–Trinajstić information content (AvgIpc) is 3.47. The Labute approximate surface area is 187 Å². The average molecular weight is 430 g/mol. The molecule has 1 atom stereocenters. The molecule has 0 unspecified atom stereocenters. The first-order valence-corrected chi connectivity index (χ1v) is 11.1. The Morgan fingerprint density at radius 2 is 2.12 bits per heavy atom. The molecule has 1 amide bonds. The summed E-state index contributed by atoms with van der Waals surface area (Å²) >= 11 is 0. The maximum Gasteiger partial charge on any atom is 0.270 e. The van der Waals surface area contributed by atoms with Gasteiger partial charge in [-0.1, -0.05) is 30.3 Å². The minimum absolute atomic E-state index is 0.0334. The van der Waals surface area contributed by atoms with Gasteiger partial charge in [0.2, 0.25) is 0 Å². The van der Waals surface area contributed by atoms with Crippen LogP contribution in [0.15, 0.2) is 59.1 Å². The summed E-state index contributed by atoms with van der Waals surface area (Å²) in [5, 5.41) is 1.10. The van der Waals surface area contributed by atoms with Crippen molar-refractivity contribution in [1.29, 1.82) is 0 Å². The minimum atomic E-state index is 0.0334. The summed E-state index contributed by atoms with van der Waals surface area (Å²) in [6, 6.07) is 16.0. The molecule has 0 saturated carbocycles. The number of H-pyrrole nitrogens is 1. The van der Waals surface area contributed by atoms with Crippen molar-refractivity contribution in [3.8, 4) is 5.75 Å². The van der Waals surface area contributed by atoms with Crippen molar-refractivity contribution in [2.45, 2.75) is 32.1 Å². The Morgan fingerprint density at radius 3 is 2.97 bits per heavy atom.